The van der Waals surface area contributed by atoms with Gasteiger partial charge in [-0.3, -0.25) is 4.90 Å². The van der Waals surface area contributed by atoms with E-state index in [1.807, 2.05) is 25.7 Å². The van der Waals surface area contributed by atoms with E-state index in [-0.39, 0.29) is 59.0 Å². The van der Waals surface area contributed by atoms with E-state index in [1.54, 1.807) is 6.92 Å². The van der Waals surface area contributed by atoms with Crippen molar-refractivity contribution in [3.8, 4) is 6.01 Å². The highest BCUT2D eigenvalue weighted by Crippen LogP contribution is 2.52. The standard InChI is InChI=1S/C35H48ClFN6O6/c1-5-46-26(44)19-47-24-14-34(15-24)10-12-41(13-11-34)20-35(8-9-35)21-48-31-39-28-25(16-38-29(36)27(28)37)30(40-31)42-17-22-6-7-23(18-42)43(22)32(45)49-33(2,3)4/h16,22-24H,5-15,17-21H2,1-4H3. The fourth-order valence-corrected chi connectivity index (χ4v) is 8.36. The molecular formula is C35H48ClFN6O6. The fourth-order valence-electron chi connectivity index (χ4n) is 8.22. The third-order valence-electron chi connectivity index (χ3n) is 11.0. The molecule has 49 heavy (non-hydrogen) atoms. The summed E-state index contributed by atoms with van der Waals surface area (Å²) in [5, 5.41) is 0.218. The van der Waals surface area contributed by atoms with Gasteiger partial charge in [-0.05, 0) is 97.6 Å². The molecule has 5 aliphatic rings. The summed E-state index contributed by atoms with van der Waals surface area (Å²) in [6.45, 7) is 12.3. The van der Waals surface area contributed by atoms with Gasteiger partial charge < -0.3 is 28.7 Å². The van der Waals surface area contributed by atoms with Gasteiger partial charge >= 0.3 is 18.1 Å². The molecule has 2 aliphatic carbocycles. The molecule has 0 aromatic carbocycles. The van der Waals surface area contributed by atoms with Crippen molar-refractivity contribution >= 4 is 40.4 Å². The van der Waals surface area contributed by atoms with Crippen LogP contribution in [0.4, 0.5) is 15.0 Å². The van der Waals surface area contributed by atoms with Crippen molar-refractivity contribution in [2.75, 3.05) is 57.4 Å². The Morgan fingerprint density at radius 3 is 2.39 bits per heavy atom. The minimum absolute atomic E-state index is 0.0144. The Morgan fingerprint density at radius 1 is 1.06 bits per heavy atom. The minimum Gasteiger partial charge on any atom is -0.464 e. The Balaban J connectivity index is 0.981. The van der Waals surface area contributed by atoms with E-state index in [4.69, 9.17) is 35.5 Å². The van der Waals surface area contributed by atoms with Gasteiger partial charge in [0.2, 0.25) is 0 Å². The van der Waals surface area contributed by atoms with Gasteiger partial charge in [-0.1, -0.05) is 11.6 Å². The van der Waals surface area contributed by atoms with Crippen molar-refractivity contribution in [2.24, 2.45) is 10.8 Å². The van der Waals surface area contributed by atoms with Crippen LogP contribution in [0.5, 0.6) is 6.01 Å². The number of ether oxygens (including phenoxy) is 4. The van der Waals surface area contributed by atoms with Crippen LogP contribution in [0.15, 0.2) is 6.20 Å². The summed E-state index contributed by atoms with van der Waals surface area (Å²) in [5.74, 6) is -0.451. The van der Waals surface area contributed by atoms with Crippen LogP contribution in [0, 0.1) is 16.6 Å². The van der Waals surface area contributed by atoms with Crippen LogP contribution in [-0.4, -0.2) is 113 Å². The third kappa shape index (κ3) is 7.39. The second-order valence-electron chi connectivity index (χ2n) is 15.8. The Bertz CT molecular complexity index is 1560. The van der Waals surface area contributed by atoms with Gasteiger partial charge in [-0.15, -0.1) is 0 Å². The Morgan fingerprint density at radius 2 is 1.76 bits per heavy atom. The first-order valence-electron chi connectivity index (χ1n) is 17.8. The van der Waals surface area contributed by atoms with Crippen molar-refractivity contribution in [1.82, 2.24) is 24.8 Å². The molecule has 2 aromatic rings. The van der Waals surface area contributed by atoms with Crippen LogP contribution < -0.4 is 9.64 Å². The maximum absolute atomic E-state index is 15.4. The first kappa shape index (κ1) is 34.4. The number of hydrogen-bond donors (Lipinski definition) is 0. The van der Waals surface area contributed by atoms with E-state index in [0.29, 0.717) is 42.9 Å². The van der Waals surface area contributed by atoms with Gasteiger partial charge in [0, 0.05) is 31.2 Å². The summed E-state index contributed by atoms with van der Waals surface area (Å²) in [6, 6.07) is 0.0293. The highest BCUT2D eigenvalue weighted by Gasteiger charge is 2.50. The number of piperidine rings is 1. The number of fused-ring (bicyclic) bond motifs is 3. The van der Waals surface area contributed by atoms with Crippen molar-refractivity contribution in [3.05, 3.63) is 17.2 Å². The van der Waals surface area contributed by atoms with Crippen LogP contribution in [0.3, 0.4) is 0 Å². The smallest absolute Gasteiger partial charge is 0.410 e. The van der Waals surface area contributed by atoms with Gasteiger partial charge in [0.25, 0.3) is 0 Å². The Labute approximate surface area is 291 Å². The molecule has 14 heteroatoms. The van der Waals surface area contributed by atoms with E-state index >= 15 is 4.39 Å². The Kier molecular flexibility index (Phi) is 9.32. The number of halogens is 2. The van der Waals surface area contributed by atoms with Crippen LogP contribution in [0.25, 0.3) is 10.9 Å². The maximum Gasteiger partial charge on any atom is 0.410 e. The molecule has 2 unspecified atom stereocenters. The van der Waals surface area contributed by atoms with E-state index in [0.717, 1.165) is 71.0 Å². The van der Waals surface area contributed by atoms with Gasteiger partial charge in [0.1, 0.15) is 23.5 Å². The topological polar surface area (TPSA) is 119 Å². The summed E-state index contributed by atoms with van der Waals surface area (Å²) in [7, 11) is 0. The number of nitrogens with zero attached hydrogens (tertiary/aromatic N) is 6. The SMILES string of the molecule is CCOC(=O)COC1CC2(CCN(CC3(COc4nc(N5CC6CCC(C5)N6C(=O)OC(C)(C)C)c5cnc(Cl)c(F)c5n4)CC3)CC2)C1. The molecule has 5 fully saturated rings. The van der Waals surface area contributed by atoms with Gasteiger partial charge in [-0.25, -0.2) is 19.0 Å². The molecule has 12 nitrogen and oxygen atoms in total. The number of piperazine rings is 1. The number of hydrogen-bond acceptors (Lipinski definition) is 11. The third-order valence-corrected chi connectivity index (χ3v) is 11.3. The van der Waals surface area contributed by atoms with Crippen molar-refractivity contribution in [2.45, 2.75) is 103 Å². The maximum atomic E-state index is 15.4. The monoisotopic (exact) mass is 702 g/mol. The summed E-state index contributed by atoms with van der Waals surface area (Å²) in [5.41, 5.74) is -0.168. The zero-order valence-electron chi connectivity index (χ0n) is 29.0. The molecule has 3 saturated heterocycles. The number of carbonyl (C=O) groups is 2. The number of aromatic nitrogens is 3. The number of carbonyl (C=O) groups excluding carboxylic acids is 2. The molecule has 2 atom stereocenters. The zero-order valence-corrected chi connectivity index (χ0v) is 29.8. The number of pyridine rings is 1. The summed E-state index contributed by atoms with van der Waals surface area (Å²) < 4.78 is 38.1. The van der Waals surface area contributed by atoms with E-state index in [2.05, 4.69) is 19.8 Å². The molecule has 0 radical (unpaired) electrons. The van der Waals surface area contributed by atoms with Crippen LogP contribution in [0.1, 0.15) is 79.1 Å². The molecule has 0 N–H and O–H groups in total. The molecular weight excluding hydrogens is 655 g/mol. The summed E-state index contributed by atoms with van der Waals surface area (Å²) >= 11 is 6.10. The zero-order chi connectivity index (χ0) is 34.6. The molecule has 1 spiro atoms. The second kappa shape index (κ2) is 13.3. The lowest BCUT2D eigenvalue weighted by atomic mass is 9.61. The molecule has 2 aromatic heterocycles. The number of rotatable bonds is 10. The molecule has 1 amide bonds. The molecule has 5 heterocycles. The van der Waals surface area contributed by atoms with E-state index in [9.17, 15) is 9.59 Å². The summed E-state index contributed by atoms with van der Waals surface area (Å²) in [4.78, 5) is 44.6. The van der Waals surface area contributed by atoms with Gasteiger partial charge in [0.05, 0.1) is 36.8 Å². The van der Waals surface area contributed by atoms with Crippen LogP contribution >= 0.6 is 11.6 Å². The van der Waals surface area contributed by atoms with E-state index < -0.39 is 11.4 Å². The molecule has 268 valence electrons. The van der Waals surface area contributed by atoms with Crippen molar-refractivity contribution in [3.63, 3.8) is 0 Å². The molecule has 2 saturated carbocycles. The lowest BCUT2D eigenvalue weighted by molar-refractivity contribution is -0.159. The van der Waals surface area contributed by atoms with Gasteiger partial charge in [0.15, 0.2) is 11.0 Å². The average Bonchev–Trinajstić information content (AvgIpc) is 3.75. The normalized spacial score (nSPS) is 24.6. The predicted molar refractivity (Wildman–Crippen MR) is 180 cm³/mol. The second-order valence-corrected chi connectivity index (χ2v) is 16.2. The first-order valence-corrected chi connectivity index (χ1v) is 18.1. The quantitative estimate of drug-likeness (QED) is 0.234. The highest BCUT2D eigenvalue weighted by molar-refractivity contribution is 6.30. The lowest BCUT2D eigenvalue weighted by Gasteiger charge is -2.52. The van der Waals surface area contributed by atoms with E-state index in [1.165, 1.54) is 6.20 Å². The Hall–Kier alpha value is -3.03. The minimum atomic E-state index is -0.698. The number of likely N-dealkylation sites (tertiary alicyclic amines) is 1. The van der Waals surface area contributed by atoms with Crippen LogP contribution in [0.2, 0.25) is 5.15 Å². The molecule has 7 rings (SSSR count). The predicted octanol–water partition coefficient (Wildman–Crippen LogP) is 5.39. The number of anilines is 1. The first-order chi connectivity index (χ1) is 23.3. The highest BCUT2D eigenvalue weighted by atomic mass is 35.5. The summed E-state index contributed by atoms with van der Waals surface area (Å²) in [6.07, 6.45) is 9.44. The molecule has 2 bridgehead atoms. The van der Waals surface area contributed by atoms with Crippen molar-refractivity contribution in [1.29, 1.82) is 0 Å². The lowest BCUT2D eigenvalue weighted by Crippen LogP contribution is -2.57. The van der Waals surface area contributed by atoms with Gasteiger partial charge in [-0.2, -0.15) is 9.97 Å². The van der Waals surface area contributed by atoms with Crippen molar-refractivity contribution < 1.29 is 32.9 Å². The number of amides is 1. The van der Waals surface area contributed by atoms with Crippen LogP contribution in [-0.2, 0) is 19.0 Å². The number of esters is 1. The molecule has 3 aliphatic heterocycles. The fraction of sp³-hybridized carbons (Fsp3) is 0.743. The average molecular weight is 703 g/mol. The largest absolute Gasteiger partial charge is 0.464 e.